The zero-order chi connectivity index (χ0) is 14.4. The summed E-state index contributed by atoms with van der Waals surface area (Å²) in [5.41, 5.74) is -0.299. The van der Waals surface area contributed by atoms with Crippen LogP contribution >= 0.6 is 11.8 Å². The normalized spacial score (nSPS) is 25.8. The highest BCUT2D eigenvalue weighted by Crippen LogP contribution is 2.39. The number of thioether (sulfide) groups is 1. The molecule has 2 unspecified atom stereocenters. The van der Waals surface area contributed by atoms with E-state index in [2.05, 4.69) is 30.2 Å². The van der Waals surface area contributed by atoms with Gasteiger partial charge in [0.2, 0.25) is 0 Å². The lowest BCUT2D eigenvalue weighted by Crippen LogP contribution is -2.50. The smallest absolute Gasteiger partial charge is 0.109 e. The molecule has 20 heavy (non-hydrogen) atoms. The number of pyridine rings is 1. The molecule has 2 atom stereocenters. The van der Waals surface area contributed by atoms with Crippen molar-refractivity contribution in [3.8, 4) is 6.07 Å². The molecule has 0 amide bonds. The SMILES string of the molecule is CC(C)NC1(C#N)CCCC1CCSc1ccncc1. The molecule has 1 aromatic rings. The van der Waals surface area contributed by atoms with Crippen LogP contribution in [0.15, 0.2) is 29.4 Å². The molecule has 0 aliphatic heterocycles. The van der Waals surface area contributed by atoms with E-state index in [9.17, 15) is 5.26 Å². The van der Waals surface area contributed by atoms with E-state index in [0.717, 1.165) is 25.0 Å². The molecule has 1 N–H and O–H groups in total. The number of rotatable bonds is 6. The molecule has 0 saturated heterocycles. The van der Waals surface area contributed by atoms with Crippen molar-refractivity contribution in [2.24, 2.45) is 5.92 Å². The second kappa shape index (κ2) is 7.10. The third kappa shape index (κ3) is 3.74. The van der Waals surface area contributed by atoms with Gasteiger partial charge < -0.3 is 0 Å². The van der Waals surface area contributed by atoms with Crippen molar-refractivity contribution < 1.29 is 0 Å². The largest absolute Gasteiger partial charge is 0.297 e. The van der Waals surface area contributed by atoms with Crippen LogP contribution in [-0.4, -0.2) is 22.3 Å². The van der Waals surface area contributed by atoms with Crippen LogP contribution in [0.2, 0.25) is 0 Å². The Morgan fingerprint density at radius 1 is 1.50 bits per heavy atom. The molecule has 0 radical (unpaired) electrons. The first-order valence-corrected chi connectivity index (χ1v) is 8.36. The summed E-state index contributed by atoms with van der Waals surface area (Å²) in [6.07, 6.45) is 8.09. The van der Waals surface area contributed by atoms with Gasteiger partial charge in [-0.1, -0.05) is 6.42 Å². The zero-order valence-electron chi connectivity index (χ0n) is 12.3. The molecule has 2 rings (SSSR count). The summed E-state index contributed by atoms with van der Waals surface area (Å²) in [7, 11) is 0. The van der Waals surface area contributed by atoms with E-state index in [0.29, 0.717) is 12.0 Å². The minimum atomic E-state index is -0.299. The number of aromatic nitrogens is 1. The van der Waals surface area contributed by atoms with E-state index in [1.807, 2.05) is 36.3 Å². The van der Waals surface area contributed by atoms with Gasteiger partial charge in [0.1, 0.15) is 5.54 Å². The molecule has 3 nitrogen and oxygen atoms in total. The fraction of sp³-hybridized carbons (Fsp3) is 0.625. The van der Waals surface area contributed by atoms with Gasteiger partial charge in [-0.2, -0.15) is 5.26 Å². The average Bonchev–Trinajstić information content (AvgIpc) is 2.83. The topological polar surface area (TPSA) is 48.7 Å². The molecule has 4 heteroatoms. The third-order valence-electron chi connectivity index (χ3n) is 3.95. The second-order valence-electron chi connectivity index (χ2n) is 5.79. The average molecular weight is 289 g/mol. The quantitative estimate of drug-likeness (QED) is 0.813. The van der Waals surface area contributed by atoms with Gasteiger partial charge in [-0.25, -0.2) is 0 Å². The maximum absolute atomic E-state index is 9.62. The minimum absolute atomic E-state index is 0.299. The Morgan fingerprint density at radius 3 is 2.90 bits per heavy atom. The predicted molar refractivity (Wildman–Crippen MR) is 83.5 cm³/mol. The molecule has 108 valence electrons. The van der Waals surface area contributed by atoms with E-state index in [-0.39, 0.29) is 5.54 Å². The molecule has 0 bridgehead atoms. The van der Waals surface area contributed by atoms with Crippen molar-refractivity contribution in [3.05, 3.63) is 24.5 Å². The second-order valence-corrected chi connectivity index (χ2v) is 6.96. The number of hydrogen-bond acceptors (Lipinski definition) is 4. The molecular weight excluding hydrogens is 266 g/mol. The standard InChI is InChI=1S/C16H23N3S/c1-13(2)19-16(12-17)8-3-4-14(16)7-11-20-15-5-9-18-10-6-15/h5-6,9-10,13-14,19H,3-4,7-8,11H2,1-2H3. The first-order chi connectivity index (χ1) is 9.66. The highest BCUT2D eigenvalue weighted by Gasteiger charge is 2.42. The molecule has 0 aromatic carbocycles. The Labute approximate surface area is 126 Å². The number of nitriles is 1. The molecular formula is C16H23N3S. The predicted octanol–water partition coefficient (Wildman–Crippen LogP) is 3.62. The summed E-state index contributed by atoms with van der Waals surface area (Å²) in [4.78, 5) is 5.29. The summed E-state index contributed by atoms with van der Waals surface area (Å²) in [5.74, 6) is 1.54. The van der Waals surface area contributed by atoms with Gasteiger partial charge in [-0.3, -0.25) is 10.3 Å². The van der Waals surface area contributed by atoms with E-state index in [1.165, 1.54) is 11.3 Å². The van der Waals surface area contributed by atoms with Crippen LogP contribution in [0, 0.1) is 17.2 Å². The van der Waals surface area contributed by atoms with Crippen molar-refractivity contribution in [2.75, 3.05) is 5.75 Å². The van der Waals surface area contributed by atoms with Crippen molar-refractivity contribution in [3.63, 3.8) is 0 Å². The molecule has 1 aliphatic rings. The Hall–Kier alpha value is -1.05. The Morgan fingerprint density at radius 2 is 2.25 bits per heavy atom. The van der Waals surface area contributed by atoms with Gasteiger partial charge in [-0.15, -0.1) is 11.8 Å². The lowest BCUT2D eigenvalue weighted by Gasteiger charge is -2.32. The maximum Gasteiger partial charge on any atom is 0.109 e. The van der Waals surface area contributed by atoms with Crippen LogP contribution in [0.4, 0.5) is 0 Å². The van der Waals surface area contributed by atoms with Crippen LogP contribution in [-0.2, 0) is 0 Å². The lowest BCUT2D eigenvalue weighted by atomic mass is 9.86. The summed E-state index contributed by atoms with van der Waals surface area (Å²) < 4.78 is 0. The van der Waals surface area contributed by atoms with Crippen molar-refractivity contribution >= 4 is 11.8 Å². The van der Waals surface area contributed by atoms with E-state index in [1.54, 1.807) is 0 Å². The Kier molecular flexibility index (Phi) is 5.45. The van der Waals surface area contributed by atoms with Gasteiger partial charge in [0.15, 0.2) is 0 Å². The minimum Gasteiger partial charge on any atom is -0.297 e. The third-order valence-corrected chi connectivity index (χ3v) is 5.00. The monoisotopic (exact) mass is 289 g/mol. The van der Waals surface area contributed by atoms with Crippen molar-refractivity contribution in [1.29, 1.82) is 5.26 Å². The van der Waals surface area contributed by atoms with Crippen molar-refractivity contribution in [2.45, 2.75) is 56.0 Å². The number of hydrogen-bond donors (Lipinski definition) is 1. The highest BCUT2D eigenvalue weighted by molar-refractivity contribution is 7.99. The summed E-state index contributed by atoms with van der Waals surface area (Å²) in [5, 5.41) is 13.1. The van der Waals surface area contributed by atoms with Crippen LogP contribution in [0.1, 0.15) is 39.5 Å². The van der Waals surface area contributed by atoms with E-state index < -0.39 is 0 Å². The Bertz CT molecular complexity index is 455. The fourth-order valence-corrected chi connectivity index (χ4v) is 4.06. The number of nitrogens with zero attached hydrogens (tertiary/aromatic N) is 2. The maximum atomic E-state index is 9.62. The van der Waals surface area contributed by atoms with E-state index in [4.69, 9.17) is 0 Å². The highest BCUT2D eigenvalue weighted by atomic mass is 32.2. The Balaban J connectivity index is 1.89. The summed E-state index contributed by atoms with van der Waals surface area (Å²) in [6.45, 7) is 4.25. The van der Waals surface area contributed by atoms with Gasteiger partial charge in [-0.05, 0) is 56.9 Å². The fourth-order valence-electron chi connectivity index (χ4n) is 3.11. The van der Waals surface area contributed by atoms with Crippen LogP contribution in [0.3, 0.4) is 0 Å². The van der Waals surface area contributed by atoms with Gasteiger partial charge >= 0.3 is 0 Å². The van der Waals surface area contributed by atoms with Gasteiger partial charge in [0.25, 0.3) is 0 Å². The first-order valence-electron chi connectivity index (χ1n) is 7.38. The lowest BCUT2D eigenvalue weighted by molar-refractivity contribution is 0.289. The molecule has 1 aliphatic carbocycles. The van der Waals surface area contributed by atoms with Crippen LogP contribution < -0.4 is 5.32 Å². The molecule has 1 saturated carbocycles. The van der Waals surface area contributed by atoms with Gasteiger partial charge in [0.05, 0.1) is 6.07 Å². The summed E-state index contributed by atoms with van der Waals surface area (Å²) >= 11 is 1.86. The van der Waals surface area contributed by atoms with Crippen LogP contribution in [0.5, 0.6) is 0 Å². The van der Waals surface area contributed by atoms with E-state index >= 15 is 0 Å². The van der Waals surface area contributed by atoms with Crippen LogP contribution in [0.25, 0.3) is 0 Å². The molecule has 1 fully saturated rings. The molecule has 1 aromatic heterocycles. The van der Waals surface area contributed by atoms with Crippen molar-refractivity contribution in [1.82, 2.24) is 10.3 Å². The first kappa shape index (κ1) is 15.3. The molecule has 1 heterocycles. The molecule has 0 spiro atoms. The summed E-state index contributed by atoms with van der Waals surface area (Å²) in [6, 6.07) is 7.03. The number of nitrogens with one attached hydrogen (secondary N) is 1. The zero-order valence-corrected chi connectivity index (χ0v) is 13.1. The van der Waals surface area contributed by atoms with Gasteiger partial charge in [0, 0.05) is 23.3 Å².